The minimum atomic E-state index is -0.466. The molecule has 1 atom stereocenters. The standard InChI is InChI=1S/C15H26N2O3S/c1-12-14(21-11-16-12)3-6-20-10-13(18)9-17-15(2)4-7-19-8-5-15/h11,13,17-18H,3-10H2,1-2H3. The number of β-amino-alcohol motifs (C(OH)–C–C–N with tert-alkyl or cyclic N) is 1. The highest BCUT2D eigenvalue weighted by molar-refractivity contribution is 7.09. The number of aryl methyl sites for hydroxylation is 1. The van der Waals surface area contributed by atoms with E-state index in [9.17, 15) is 5.11 Å². The van der Waals surface area contributed by atoms with E-state index >= 15 is 0 Å². The van der Waals surface area contributed by atoms with E-state index in [0.29, 0.717) is 19.8 Å². The number of aromatic nitrogens is 1. The molecule has 2 heterocycles. The summed E-state index contributed by atoms with van der Waals surface area (Å²) in [5.74, 6) is 0. The maximum atomic E-state index is 9.98. The third-order valence-electron chi connectivity index (χ3n) is 3.99. The van der Waals surface area contributed by atoms with Crippen LogP contribution in [0.2, 0.25) is 0 Å². The summed E-state index contributed by atoms with van der Waals surface area (Å²) in [5, 5.41) is 13.4. The molecule has 0 saturated carbocycles. The number of aliphatic hydroxyl groups is 1. The van der Waals surface area contributed by atoms with E-state index in [1.54, 1.807) is 11.3 Å². The molecule has 6 heteroatoms. The van der Waals surface area contributed by atoms with Crippen LogP contribution in [0.3, 0.4) is 0 Å². The fraction of sp³-hybridized carbons (Fsp3) is 0.800. The third-order valence-corrected chi connectivity index (χ3v) is 4.98. The van der Waals surface area contributed by atoms with Gasteiger partial charge in [0, 0.05) is 36.6 Å². The molecule has 2 rings (SSSR count). The highest BCUT2D eigenvalue weighted by Crippen LogP contribution is 2.19. The van der Waals surface area contributed by atoms with E-state index in [4.69, 9.17) is 9.47 Å². The molecule has 2 N–H and O–H groups in total. The largest absolute Gasteiger partial charge is 0.389 e. The van der Waals surface area contributed by atoms with Crippen molar-refractivity contribution in [3.63, 3.8) is 0 Å². The number of aliphatic hydroxyl groups excluding tert-OH is 1. The first-order valence-electron chi connectivity index (χ1n) is 7.57. The molecule has 1 aromatic rings. The zero-order chi connectivity index (χ0) is 15.1. The van der Waals surface area contributed by atoms with Crippen molar-refractivity contribution in [3.05, 3.63) is 16.1 Å². The predicted octanol–water partition coefficient (Wildman–Crippen LogP) is 1.53. The molecule has 0 amide bonds. The van der Waals surface area contributed by atoms with Gasteiger partial charge in [0.15, 0.2) is 0 Å². The molecule has 120 valence electrons. The van der Waals surface area contributed by atoms with Crippen molar-refractivity contribution in [2.75, 3.05) is 33.0 Å². The van der Waals surface area contributed by atoms with Gasteiger partial charge in [0.2, 0.25) is 0 Å². The Hall–Kier alpha value is -0.530. The Labute approximate surface area is 130 Å². The highest BCUT2D eigenvalue weighted by atomic mass is 32.1. The molecule has 5 nitrogen and oxygen atoms in total. The quantitative estimate of drug-likeness (QED) is 0.713. The van der Waals surface area contributed by atoms with E-state index in [0.717, 1.165) is 38.2 Å². The molecular weight excluding hydrogens is 288 g/mol. The molecule has 1 saturated heterocycles. The molecule has 1 aliphatic heterocycles. The summed E-state index contributed by atoms with van der Waals surface area (Å²) in [6.45, 7) is 7.36. The summed E-state index contributed by atoms with van der Waals surface area (Å²) in [6.07, 6.45) is 2.38. The van der Waals surface area contributed by atoms with Crippen molar-refractivity contribution < 1.29 is 14.6 Å². The topological polar surface area (TPSA) is 63.6 Å². The van der Waals surface area contributed by atoms with E-state index < -0.39 is 6.10 Å². The van der Waals surface area contributed by atoms with E-state index in [1.165, 1.54) is 4.88 Å². The Balaban J connectivity index is 1.57. The molecule has 0 radical (unpaired) electrons. The zero-order valence-electron chi connectivity index (χ0n) is 12.9. The van der Waals surface area contributed by atoms with Gasteiger partial charge in [-0.25, -0.2) is 4.98 Å². The SMILES string of the molecule is Cc1ncsc1CCOCC(O)CNC1(C)CCOCC1. The van der Waals surface area contributed by atoms with Crippen molar-refractivity contribution in [2.45, 2.75) is 44.8 Å². The Morgan fingerprint density at radius 1 is 1.52 bits per heavy atom. The molecule has 1 aromatic heterocycles. The molecule has 1 fully saturated rings. The third kappa shape index (κ3) is 5.64. The Kier molecular flexibility index (Phi) is 6.57. The van der Waals surface area contributed by atoms with Crippen LogP contribution in [0.5, 0.6) is 0 Å². The zero-order valence-corrected chi connectivity index (χ0v) is 13.7. The molecule has 0 aliphatic carbocycles. The highest BCUT2D eigenvalue weighted by Gasteiger charge is 2.27. The molecule has 21 heavy (non-hydrogen) atoms. The van der Waals surface area contributed by atoms with Gasteiger partial charge in [-0.1, -0.05) is 0 Å². The van der Waals surface area contributed by atoms with Gasteiger partial charge in [-0.3, -0.25) is 0 Å². The van der Waals surface area contributed by atoms with Crippen molar-refractivity contribution >= 4 is 11.3 Å². The van der Waals surface area contributed by atoms with Crippen LogP contribution in [-0.4, -0.2) is 54.7 Å². The van der Waals surface area contributed by atoms with Crippen LogP contribution >= 0.6 is 11.3 Å². The summed E-state index contributed by atoms with van der Waals surface area (Å²) in [6, 6.07) is 0. The second kappa shape index (κ2) is 8.19. The molecule has 1 aliphatic rings. The first kappa shape index (κ1) is 16.8. The van der Waals surface area contributed by atoms with E-state index in [2.05, 4.69) is 17.2 Å². The van der Waals surface area contributed by atoms with Crippen LogP contribution in [0.25, 0.3) is 0 Å². The van der Waals surface area contributed by atoms with Gasteiger partial charge < -0.3 is 19.9 Å². The Bertz CT molecular complexity index is 419. The number of nitrogens with one attached hydrogen (secondary N) is 1. The van der Waals surface area contributed by atoms with Gasteiger partial charge in [0.1, 0.15) is 0 Å². The molecule has 1 unspecified atom stereocenters. The number of rotatable bonds is 8. The lowest BCUT2D eigenvalue weighted by atomic mass is 9.92. The van der Waals surface area contributed by atoms with Gasteiger partial charge >= 0.3 is 0 Å². The van der Waals surface area contributed by atoms with Crippen molar-refractivity contribution in [1.82, 2.24) is 10.3 Å². The monoisotopic (exact) mass is 314 g/mol. The maximum Gasteiger partial charge on any atom is 0.0897 e. The summed E-state index contributed by atoms with van der Waals surface area (Å²) >= 11 is 1.66. The van der Waals surface area contributed by atoms with Crippen LogP contribution in [0, 0.1) is 6.92 Å². The average Bonchev–Trinajstić information content (AvgIpc) is 2.88. The second-order valence-electron chi connectivity index (χ2n) is 5.89. The second-order valence-corrected chi connectivity index (χ2v) is 6.83. The number of nitrogens with zero attached hydrogens (tertiary/aromatic N) is 1. The number of hydrogen-bond donors (Lipinski definition) is 2. The minimum absolute atomic E-state index is 0.0823. The fourth-order valence-corrected chi connectivity index (χ4v) is 3.13. The Morgan fingerprint density at radius 3 is 2.95 bits per heavy atom. The van der Waals surface area contributed by atoms with Crippen molar-refractivity contribution in [3.8, 4) is 0 Å². The minimum Gasteiger partial charge on any atom is -0.389 e. The van der Waals surface area contributed by atoms with Crippen molar-refractivity contribution in [2.24, 2.45) is 0 Å². The fourth-order valence-electron chi connectivity index (χ4n) is 2.37. The first-order valence-corrected chi connectivity index (χ1v) is 8.44. The summed E-state index contributed by atoms with van der Waals surface area (Å²) in [7, 11) is 0. The summed E-state index contributed by atoms with van der Waals surface area (Å²) in [5.41, 5.74) is 3.02. The molecule has 0 aromatic carbocycles. The van der Waals surface area contributed by atoms with E-state index in [1.807, 2.05) is 12.4 Å². The summed E-state index contributed by atoms with van der Waals surface area (Å²) < 4.78 is 10.9. The number of ether oxygens (including phenoxy) is 2. The van der Waals surface area contributed by atoms with Gasteiger partial charge in [0.25, 0.3) is 0 Å². The average molecular weight is 314 g/mol. The molecule has 0 spiro atoms. The number of thiazole rings is 1. The molecular formula is C15H26N2O3S. The van der Waals surface area contributed by atoms with Crippen LogP contribution in [0.1, 0.15) is 30.3 Å². The molecule has 0 bridgehead atoms. The Morgan fingerprint density at radius 2 is 2.29 bits per heavy atom. The van der Waals surface area contributed by atoms with Crippen LogP contribution in [0.4, 0.5) is 0 Å². The predicted molar refractivity (Wildman–Crippen MR) is 83.8 cm³/mol. The van der Waals surface area contributed by atoms with Crippen LogP contribution < -0.4 is 5.32 Å². The normalized spacial score (nSPS) is 19.6. The lowest BCUT2D eigenvalue weighted by Gasteiger charge is -2.35. The van der Waals surface area contributed by atoms with Crippen molar-refractivity contribution in [1.29, 1.82) is 0 Å². The van der Waals surface area contributed by atoms with Gasteiger partial charge in [0.05, 0.1) is 30.5 Å². The number of hydrogen-bond acceptors (Lipinski definition) is 6. The smallest absolute Gasteiger partial charge is 0.0897 e. The van der Waals surface area contributed by atoms with Gasteiger partial charge in [-0.15, -0.1) is 11.3 Å². The van der Waals surface area contributed by atoms with Crippen LogP contribution in [-0.2, 0) is 15.9 Å². The lowest BCUT2D eigenvalue weighted by Crippen LogP contribution is -2.49. The van der Waals surface area contributed by atoms with Gasteiger partial charge in [-0.2, -0.15) is 0 Å². The van der Waals surface area contributed by atoms with E-state index in [-0.39, 0.29) is 5.54 Å². The summed E-state index contributed by atoms with van der Waals surface area (Å²) in [4.78, 5) is 5.47. The lowest BCUT2D eigenvalue weighted by molar-refractivity contribution is 0.0170. The first-order chi connectivity index (χ1) is 10.1. The van der Waals surface area contributed by atoms with Crippen LogP contribution in [0.15, 0.2) is 5.51 Å². The van der Waals surface area contributed by atoms with Gasteiger partial charge in [-0.05, 0) is 26.7 Å². The maximum absolute atomic E-state index is 9.98.